The summed E-state index contributed by atoms with van der Waals surface area (Å²) in [5.74, 6) is 1.08. The molecule has 11 heavy (non-hydrogen) atoms. The number of nitrogens with two attached hydrogens (primary N) is 1. The van der Waals surface area contributed by atoms with Gasteiger partial charge in [-0.25, -0.2) is 4.98 Å². The first-order valence-corrected chi connectivity index (χ1v) is 3.40. The van der Waals surface area contributed by atoms with E-state index in [-0.39, 0.29) is 12.4 Å². The van der Waals surface area contributed by atoms with E-state index in [0.29, 0.717) is 11.9 Å². The standard InChI is InChI=1S/C7H13N3.ClH/c1-5(2)6-4-9-7(8)10(6)3;/h4-5H,1-3H3,(H2,8,9);1H. The van der Waals surface area contributed by atoms with Crippen molar-refractivity contribution in [3.05, 3.63) is 11.9 Å². The molecule has 0 aliphatic carbocycles. The second kappa shape index (κ2) is 3.62. The van der Waals surface area contributed by atoms with Crippen LogP contribution in [0.15, 0.2) is 6.20 Å². The molecule has 4 heteroatoms. The van der Waals surface area contributed by atoms with Gasteiger partial charge in [0.2, 0.25) is 0 Å². The number of imidazole rings is 1. The Morgan fingerprint density at radius 2 is 2.09 bits per heavy atom. The summed E-state index contributed by atoms with van der Waals surface area (Å²) in [6.45, 7) is 4.24. The minimum Gasteiger partial charge on any atom is -0.369 e. The van der Waals surface area contributed by atoms with Crippen LogP contribution in [0.5, 0.6) is 0 Å². The van der Waals surface area contributed by atoms with Crippen LogP contribution in [-0.2, 0) is 7.05 Å². The van der Waals surface area contributed by atoms with Crippen LogP contribution in [0.3, 0.4) is 0 Å². The molecule has 0 aromatic carbocycles. The van der Waals surface area contributed by atoms with Crippen LogP contribution in [-0.4, -0.2) is 9.55 Å². The van der Waals surface area contributed by atoms with Gasteiger partial charge in [-0.1, -0.05) is 13.8 Å². The van der Waals surface area contributed by atoms with Gasteiger partial charge in [0.05, 0.1) is 6.20 Å². The van der Waals surface area contributed by atoms with Gasteiger partial charge in [0.15, 0.2) is 5.95 Å². The van der Waals surface area contributed by atoms with E-state index in [4.69, 9.17) is 5.73 Å². The molecule has 0 aliphatic rings. The molecular formula is C7H14ClN3. The lowest BCUT2D eigenvalue weighted by atomic mass is 10.1. The Kier molecular flexibility index (Phi) is 3.39. The first-order valence-electron chi connectivity index (χ1n) is 3.40. The molecule has 0 unspecified atom stereocenters. The second-order valence-corrected chi connectivity index (χ2v) is 2.75. The number of aromatic nitrogens is 2. The summed E-state index contributed by atoms with van der Waals surface area (Å²) in [5, 5.41) is 0. The number of rotatable bonds is 1. The Labute approximate surface area is 73.0 Å². The Morgan fingerprint density at radius 1 is 1.55 bits per heavy atom. The number of nitrogen functional groups attached to an aromatic ring is 1. The van der Waals surface area contributed by atoms with Crippen LogP contribution < -0.4 is 5.73 Å². The fourth-order valence-corrected chi connectivity index (χ4v) is 0.974. The van der Waals surface area contributed by atoms with E-state index in [9.17, 15) is 0 Å². The molecule has 3 nitrogen and oxygen atoms in total. The van der Waals surface area contributed by atoms with Gasteiger partial charge in [-0.05, 0) is 5.92 Å². The topological polar surface area (TPSA) is 43.8 Å². The maximum Gasteiger partial charge on any atom is 0.200 e. The summed E-state index contributed by atoms with van der Waals surface area (Å²) >= 11 is 0. The van der Waals surface area contributed by atoms with Crippen molar-refractivity contribution in [3.8, 4) is 0 Å². The van der Waals surface area contributed by atoms with Gasteiger partial charge in [-0.2, -0.15) is 0 Å². The van der Waals surface area contributed by atoms with E-state index < -0.39 is 0 Å². The molecule has 1 heterocycles. The number of hydrogen-bond acceptors (Lipinski definition) is 2. The Morgan fingerprint density at radius 3 is 2.27 bits per heavy atom. The fourth-order valence-electron chi connectivity index (χ4n) is 0.974. The summed E-state index contributed by atoms with van der Waals surface area (Å²) in [6.07, 6.45) is 1.82. The van der Waals surface area contributed by atoms with Gasteiger partial charge in [0, 0.05) is 12.7 Å². The monoisotopic (exact) mass is 175 g/mol. The molecule has 1 aromatic rings. The molecular weight excluding hydrogens is 162 g/mol. The van der Waals surface area contributed by atoms with Crippen LogP contribution in [0, 0.1) is 0 Å². The van der Waals surface area contributed by atoms with Gasteiger partial charge in [-0.3, -0.25) is 0 Å². The zero-order chi connectivity index (χ0) is 7.72. The minimum absolute atomic E-state index is 0. The number of nitrogens with zero attached hydrogens (tertiary/aromatic N) is 2. The van der Waals surface area contributed by atoms with Gasteiger partial charge in [0.1, 0.15) is 0 Å². The highest BCUT2D eigenvalue weighted by molar-refractivity contribution is 5.85. The molecule has 0 fully saturated rings. The first kappa shape index (κ1) is 10.3. The van der Waals surface area contributed by atoms with E-state index in [1.54, 1.807) is 0 Å². The number of anilines is 1. The average molecular weight is 176 g/mol. The highest BCUT2D eigenvalue weighted by Crippen LogP contribution is 2.14. The third-order valence-corrected chi connectivity index (χ3v) is 1.65. The van der Waals surface area contributed by atoms with Gasteiger partial charge in [0.25, 0.3) is 0 Å². The van der Waals surface area contributed by atoms with Crippen LogP contribution in [0.1, 0.15) is 25.5 Å². The number of hydrogen-bond donors (Lipinski definition) is 1. The summed E-state index contributed by atoms with van der Waals surface area (Å²) in [5.41, 5.74) is 6.71. The molecule has 0 aliphatic heterocycles. The van der Waals surface area contributed by atoms with Crippen LogP contribution in [0.25, 0.3) is 0 Å². The van der Waals surface area contributed by atoms with Crippen LogP contribution >= 0.6 is 12.4 Å². The lowest BCUT2D eigenvalue weighted by Gasteiger charge is -2.04. The van der Waals surface area contributed by atoms with E-state index >= 15 is 0 Å². The van der Waals surface area contributed by atoms with Crippen LogP contribution in [0.2, 0.25) is 0 Å². The molecule has 0 bridgehead atoms. The molecule has 0 radical (unpaired) electrons. The quantitative estimate of drug-likeness (QED) is 0.704. The van der Waals surface area contributed by atoms with Crippen molar-refractivity contribution >= 4 is 18.4 Å². The minimum atomic E-state index is 0. The molecule has 2 N–H and O–H groups in total. The smallest absolute Gasteiger partial charge is 0.200 e. The van der Waals surface area contributed by atoms with Crippen molar-refractivity contribution in [3.63, 3.8) is 0 Å². The molecule has 64 valence electrons. The molecule has 0 saturated carbocycles. The maximum atomic E-state index is 5.53. The summed E-state index contributed by atoms with van der Waals surface area (Å²) < 4.78 is 1.91. The largest absolute Gasteiger partial charge is 0.369 e. The first-order chi connectivity index (χ1) is 4.63. The van der Waals surface area contributed by atoms with Gasteiger partial charge in [-0.15, -0.1) is 12.4 Å². The molecule has 1 rings (SSSR count). The van der Waals surface area contributed by atoms with Crippen molar-refractivity contribution in [1.82, 2.24) is 9.55 Å². The summed E-state index contributed by atoms with van der Waals surface area (Å²) in [4.78, 5) is 3.98. The van der Waals surface area contributed by atoms with Crippen molar-refractivity contribution in [2.24, 2.45) is 7.05 Å². The van der Waals surface area contributed by atoms with Crippen LogP contribution in [0.4, 0.5) is 5.95 Å². The Bertz CT molecular complexity index is 230. The summed E-state index contributed by atoms with van der Waals surface area (Å²) in [7, 11) is 1.93. The van der Waals surface area contributed by atoms with Crippen molar-refractivity contribution < 1.29 is 0 Å². The lowest BCUT2D eigenvalue weighted by molar-refractivity contribution is 0.747. The maximum absolute atomic E-state index is 5.53. The van der Waals surface area contributed by atoms with Crippen molar-refractivity contribution in [2.75, 3.05) is 5.73 Å². The SMILES string of the molecule is CC(C)c1cnc(N)n1C.Cl. The molecule has 0 amide bonds. The average Bonchev–Trinajstić information content (AvgIpc) is 2.14. The molecule has 0 saturated heterocycles. The molecule has 0 spiro atoms. The normalized spacial score (nSPS) is 9.82. The van der Waals surface area contributed by atoms with E-state index in [1.807, 2.05) is 17.8 Å². The third-order valence-electron chi connectivity index (χ3n) is 1.65. The van der Waals surface area contributed by atoms with Crippen molar-refractivity contribution in [1.29, 1.82) is 0 Å². The zero-order valence-corrected chi connectivity index (χ0v) is 7.85. The predicted molar refractivity (Wildman–Crippen MR) is 49.0 cm³/mol. The predicted octanol–water partition coefficient (Wildman–Crippen LogP) is 1.55. The third kappa shape index (κ3) is 1.87. The highest BCUT2D eigenvalue weighted by atomic mass is 35.5. The number of halogens is 1. The van der Waals surface area contributed by atoms with E-state index in [2.05, 4.69) is 18.8 Å². The van der Waals surface area contributed by atoms with E-state index in [0.717, 1.165) is 0 Å². The fraction of sp³-hybridized carbons (Fsp3) is 0.571. The van der Waals surface area contributed by atoms with E-state index in [1.165, 1.54) is 5.69 Å². The Hall–Kier alpha value is -0.700. The molecule has 1 aromatic heterocycles. The van der Waals surface area contributed by atoms with Gasteiger partial charge < -0.3 is 10.3 Å². The molecule has 0 atom stereocenters. The second-order valence-electron chi connectivity index (χ2n) is 2.75. The zero-order valence-electron chi connectivity index (χ0n) is 7.03. The Balaban J connectivity index is 0.000001000. The summed E-state index contributed by atoms with van der Waals surface area (Å²) in [6, 6.07) is 0. The highest BCUT2D eigenvalue weighted by Gasteiger charge is 2.05. The van der Waals surface area contributed by atoms with Crippen molar-refractivity contribution in [2.45, 2.75) is 19.8 Å². The lowest BCUT2D eigenvalue weighted by Crippen LogP contribution is -2.02. The van der Waals surface area contributed by atoms with Gasteiger partial charge >= 0.3 is 0 Å².